The van der Waals surface area contributed by atoms with Gasteiger partial charge in [0.05, 0.1) is 0 Å². The first-order valence-corrected chi connectivity index (χ1v) is 4.43. The van der Waals surface area contributed by atoms with Gasteiger partial charge in [-0.3, -0.25) is 0 Å². The number of amides is 2. The summed E-state index contributed by atoms with van der Waals surface area (Å²) in [5.41, 5.74) is 0. The summed E-state index contributed by atoms with van der Waals surface area (Å²) >= 11 is 0. The number of hydrogen-bond acceptors (Lipinski definition) is 2. The van der Waals surface area contributed by atoms with Crippen LogP contribution in [0.4, 0.5) is 4.79 Å². The van der Waals surface area contributed by atoms with E-state index in [1.807, 2.05) is 0 Å². The van der Waals surface area contributed by atoms with Crippen LogP contribution in [0.2, 0.25) is 0 Å². The van der Waals surface area contributed by atoms with E-state index in [0.29, 0.717) is 6.42 Å². The number of carboxylic acid groups (broad SMARTS) is 1. The largest absolute Gasteiger partial charge is 0.480 e. The van der Waals surface area contributed by atoms with Gasteiger partial charge in [0, 0.05) is 6.04 Å². The molecule has 0 aromatic rings. The Hall–Kier alpha value is -1.26. The van der Waals surface area contributed by atoms with E-state index in [-0.39, 0.29) is 12.1 Å². The lowest BCUT2D eigenvalue weighted by atomic mass is 10.2. The van der Waals surface area contributed by atoms with Crippen LogP contribution in [0.1, 0.15) is 26.2 Å². The summed E-state index contributed by atoms with van der Waals surface area (Å²) in [6, 6.07) is -0.901. The average molecular weight is 186 g/mol. The zero-order chi connectivity index (χ0) is 9.84. The van der Waals surface area contributed by atoms with Gasteiger partial charge in [0.1, 0.15) is 6.04 Å². The summed E-state index contributed by atoms with van der Waals surface area (Å²) < 4.78 is 0. The number of carbonyl (C=O) groups excluding carboxylic acids is 1. The molecule has 13 heavy (non-hydrogen) atoms. The molecule has 0 radical (unpaired) electrons. The zero-order valence-corrected chi connectivity index (χ0v) is 7.54. The summed E-state index contributed by atoms with van der Waals surface area (Å²) in [5, 5.41) is 13.7. The summed E-state index contributed by atoms with van der Waals surface area (Å²) in [6.45, 7) is 1.72. The predicted molar refractivity (Wildman–Crippen MR) is 46.4 cm³/mol. The second kappa shape index (κ2) is 4.11. The van der Waals surface area contributed by atoms with Crippen molar-refractivity contribution in [3.63, 3.8) is 0 Å². The van der Waals surface area contributed by atoms with E-state index in [9.17, 15) is 9.59 Å². The van der Waals surface area contributed by atoms with E-state index < -0.39 is 12.0 Å². The van der Waals surface area contributed by atoms with Gasteiger partial charge in [-0.05, 0) is 19.3 Å². The van der Waals surface area contributed by atoms with Crippen LogP contribution in [0, 0.1) is 0 Å². The van der Waals surface area contributed by atoms with Crippen molar-refractivity contribution < 1.29 is 14.7 Å². The zero-order valence-electron chi connectivity index (χ0n) is 7.54. The van der Waals surface area contributed by atoms with Crippen molar-refractivity contribution in [3.05, 3.63) is 0 Å². The second-order valence-corrected chi connectivity index (χ2v) is 3.19. The standard InChI is InChI=1S/C8H14N2O3/c1-2-6(7(11)12)10-8(13)9-5-3-4-5/h5-6H,2-4H2,1H3,(H,11,12)(H2,9,10,13)/t6-/m0/s1. The smallest absolute Gasteiger partial charge is 0.326 e. The van der Waals surface area contributed by atoms with Gasteiger partial charge in [-0.1, -0.05) is 6.92 Å². The van der Waals surface area contributed by atoms with Crippen LogP contribution in [0.25, 0.3) is 0 Å². The normalized spacial score (nSPS) is 17.6. The molecular weight excluding hydrogens is 172 g/mol. The van der Waals surface area contributed by atoms with Gasteiger partial charge in [0.15, 0.2) is 0 Å². The molecule has 0 unspecified atom stereocenters. The van der Waals surface area contributed by atoms with E-state index >= 15 is 0 Å². The minimum absolute atomic E-state index is 0.256. The number of rotatable bonds is 4. The van der Waals surface area contributed by atoms with Gasteiger partial charge in [-0.15, -0.1) is 0 Å². The number of hydrogen-bond donors (Lipinski definition) is 3. The minimum atomic E-state index is -0.992. The van der Waals surface area contributed by atoms with Crippen molar-refractivity contribution in [2.75, 3.05) is 0 Å². The number of aliphatic carboxylic acids is 1. The maximum absolute atomic E-state index is 11.1. The fraction of sp³-hybridized carbons (Fsp3) is 0.750. The Kier molecular flexibility index (Phi) is 3.11. The lowest BCUT2D eigenvalue weighted by molar-refractivity contribution is -0.139. The highest BCUT2D eigenvalue weighted by Crippen LogP contribution is 2.18. The quantitative estimate of drug-likeness (QED) is 0.591. The molecule has 0 aliphatic heterocycles. The number of carboxylic acids is 1. The van der Waals surface area contributed by atoms with Gasteiger partial charge in [0.25, 0.3) is 0 Å². The minimum Gasteiger partial charge on any atom is -0.480 e. The lowest BCUT2D eigenvalue weighted by Gasteiger charge is -2.12. The molecule has 0 heterocycles. The highest BCUT2D eigenvalue weighted by molar-refractivity contribution is 5.82. The van der Waals surface area contributed by atoms with Gasteiger partial charge >= 0.3 is 12.0 Å². The molecule has 1 saturated carbocycles. The van der Waals surface area contributed by atoms with Crippen LogP contribution in [-0.4, -0.2) is 29.2 Å². The van der Waals surface area contributed by atoms with Gasteiger partial charge in [-0.2, -0.15) is 0 Å². The number of carbonyl (C=O) groups is 2. The van der Waals surface area contributed by atoms with Crippen LogP contribution >= 0.6 is 0 Å². The molecule has 0 bridgehead atoms. The molecule has 0 aromatic carbocycles. The second-order valence-electron chi connectivity index (χ2n) is 3.19. The van der Waals surface area contributed by atoms with Gasteiger partial charge in [-0.25, -0.2) is 9.59 Å². The first kappa shape index (κ1) is 9.83. The monoisotopic (exact) mass is 186 g/mol. The summed E-state index contributed by atoms with van der Waals surface area (Å²) in [5.74, 6) is -0.992. The number of nitrogens with one attached hydrogen (secondary N) is 2. The Morgan fingerprint density at radius 1 is 1.54 bits per heavy atom. The van der Waals surface area contributed by atoms with E-state index in [2.05, 4.69) is 10.6 Å². The lowest BCUT2D eigenvalue weighted by Crippen LogP contribution is -2.46. The van der Waals surface area contributed by atoms with Crippen molar-refractivity contribution in [1.82, 2.24) is 10.6 Å². The van der Waals surface area contributed by atoms with E-state index in [0.717, 1.165) is 12.8 Å². The predicted octanol–water partition coefficient (Wildman–Crippen LogP) is 0.311. The molecule has 74 valence electrons. The SMILES string of the molecule is CC[C@H](NC(=O)NC1CC1)C(=O)O. The molecule has 0 aromatic heterocycles. The summed E-state index contributed by atoms with van der Waals surface area (Å²) in [4.78, 5) is 21.6. The van der Waals surface area contributed by atoms with Crippen molar-refractivity contribution in [1.29, 1.82) is 0 Å². The molecule has 2 amide bonds. The highest BCUT2D eigenvalue weighted by atomic mass is 16.4. The highest BCUT2D eigenvalue weighted by Gasteiger charge is 2.25. The Morgan fingerprint density at radius 3 is 2.54 bits per heavy atom. The Morgan fingerprint density at radius 2 is 2.15 bits per heavy atom. The van der Waals surface area contributed by atoms with Crippen molar-refractivity contribution in [2.45, 2.75) is 38.3 Å². The summed E-state index contributed by atoms with van der Waals surface area (Å²) in [7, 11) is 0. The molecule has 1 rings (SSSR count). The molecule has 5 heteroatoms. The van der Waals surface area contributed by atoms with Gasteiger partial charge < -0.3 is 15.7 Å². The molecule has 0 saturated heterocycles. The topological polar surface area (TPSA) is 78.4 Å². The fourth-order valence-corrected chi connectivity index (χ4v) is 0.951. The molecule has 1 atom stereocenters. The van der Waals surface area contributed by atoms with Crippen LogP contribution in [0.5, 0.6) is 0 Å². The third-order valence-corrected chi connectivity index (χ3v) is 1.92. The Labute approximate surface area is 76.5 Å². The van der Waals surface area contributed by atoms with Crippen molar-refractivity contribution >= 4 is 12.0 Å². The third kappa shape index (κ3) is 3.31. The molecule has 1 aliphatic carbocycles. The molecule has 0 spiro atoms. The van der Waals surface area contributed by atoms with E-state index in [1.54, 1.807) is 6.92 Å². The molecule has 1 aliphatic rings. The first-order chi connectivity index (χ1) is 6.13. The van der Waals surface area contributed by atoms with Crippen LogP contribution in [0.3, 0.4) is 0 Å². The average Bonchev–Trinajstić information content (AvgIpc) is 2.83. The fourth-order valence-electron chi connectivity index (χ4n) is 0.951. The Balaban J connectivity index is 2.26. The van der Waals surface area contributed by atoms with Crippen LogP contribution in [-0.2, 0) is 4.79 Å². The summed E-state index contributed by atoms with van der Waals surface area (Å²) in [6.07, 6.45) is 2.39. The van der Waals surface area contributed by atoms with Crippen LogP contribution < -0.4 is 10.6 Å². The maximum Gasteiger partial charge on any atom is 0.326 e. The van der Waals surface area contributed by atoms with E-state index in [1.165, 1.54) is 0 Å². The first-order valence-electron chi connectivity index (χ1n) is 4.43. The maximum atomic E-state index is 11.1. The molecule has 1 fully saturated rings. The molecular formula is C8H14N2O3. The molecule has 5 nitrogen and oxygen atoms in total. The Bertz CT molecular complexity index is 213. The van der Waals surface area contributed by atoms with Crippen LogP contribution in [0.15, 0.2) is 0 Å². The van der Waals surface area contributed by atoms with Crippen molar-refractivity contribution in [2.24, 2.45) is 0 Å². The number of urea groups is 1. The third-order valence-electron chi connectivity index (χ3n) is 1.92. The van der Waals surface area contributed by atoms with Gasteiger partial charge in [0.2, 0.25) is 0 Å². The van der Waals surface area contributed by atoms with Crippen molar-refractivity contribution in [3.8, 4) is 0 Å². The van der Waals surface area contributed by atoms with E-state index in [4.69, 9.17) is 5.11 Å². The molecule has 3 N–H and O–H groups in total.